The molecule has 0 fully saturated rings. The first kappa shape index (κ1) is 20.7. The van der Waals surface area contributed by atoms with Gasteiger partial charge in [0.25, 0.3) is 0 Å². The fourth-order valence-corrected chi connectivity index (χ4v) is 5.73. The molecule has 0 saturated heterocycles. The minimum atomic E-state index is -0.378. The lowest BCUT2D eigenvalue weighted by molar-refractivity contribution is -0.138. The number of dihydropyridines is 1. The zero-order valence-corrected chi connectivity index (χ0v) is 19.0. The van der Waals surface area contributed by atoms with Gasteiger partial charge in [0.2, 0.25) is 0 Å². The van der Waals surface area contributed by atoms with Crippen LogP contribution < -0.4 is 5.32 Å². The number of Topliss-reactive ketones (excluding diaryl/α,β-unsaturated/α-hetero) is 1. The number of para-hydroxylation sites is 2. The lowest BCUT2D eigenvalue weighted by Gasteiger charge is -2.33. The van der Waals surface area contributed by atoms with Gasteiger partial charge >= 0.3 is 5.97 Å². The Morgan fingerprint density at radius 2 is 2.16 bits per heavy atom. The molecule has 7 heteroatoms. The number of nitrogens with zero attached hydrogens (tertiary/aromatic N) is 2. The molecule has 0 radical (unpaired) electrons. The summed E-state index contributed by atoms with van der Waals surface area (Å²) in [5.41, 5.74) is 6.17. The van der Waals surface area contributed by atoms with E-state index < -0.39 is 0 Å². The lowest BCUT2D eigenvalue weighted by atomic mass is 9.78. The van der Waals surface area contributed by atoms with Crippen LogP contribution in [0.25, 0.3) is 11.0 Å². The second kappa shape index (κ2) is 8.39. The van der Waals surface area contributed by atoms with Crippen LogP contribution in [-0.2, 0) is 20.9 Å². The number of nitrogens with one attached hydrogen (secondary N) is 1. The van der Waals surface area contributed by atoms with Gasteiger partial charge in [0.15, 0.2) is 5.78 Å². The van der Waals surface area contributed by atoms with Crippen molar-refractivity contribution in [3.05, 3.63) is 75.0 Å². The SMILES string of the molecule is CCOC(=O)C1=C(C)NC2=C(C(=O)CCC2)C1c1cc(Cn2cnc3ccccc32)cs1. The number of hydrogen-bond donors (Lipinski definition) is 1. The number of rotatable bonds is 5. The molecule has 1 aromatic carbocycles. The Morgan fingerprint density at radius 1 is 1.31 bits per heavy atom. The van der Waals surface area contributed by atoms with Gasteiger partial charge in [-0.2, -0.15) is 0 Å². The van der Waals surface area contributed by atoms with Gasteiger partial charge in [0.1, 0.15) is 0 Å². The maximum Gasteiger partial charge on any atom is 0.336 e. The summed E-state index contributed by atoms with van der Waals surface area (Å²) in [5.74, 6) is -0.618. The van der Waals surface area contributed by atoms with Crippen LogP contribution in [0.4, 0.5) is 0 Å². The van der Waals surface area contributed by atoms with E-state index in [0.29, 0.717) is 25.1 Å². The largest absolute Gasteiger partial charge is 0.463 e. The maximum atomic E-state index is 13.0. The second-order valence-corrected chi connectivity index (χ2v) is 9.15. The number of ether oxygens (including phenoxy) is 1. The summed E-state index contributed by atoms with van der Waals surface area (Å²) in [7, 11) is 0. The average molecular weight is 448 g/mol. The number of carbonyl (C=O) groups is 2. The predicted octanol–water partition coefficient (Wildman–Crippen LogP) is 4.68. The van der Waals surface area contributed by atoms with E-state index in [0.717, 1.165) is 51.3 Å². The van der Waals surface area contributed by atoms with Crippen molar-refractivity contribution in [2.45, 2.75) is 45.6 Å². The van der Waals surface area contributed by atoms with Crippen LogP contribution in [0, 0.1) is 0 Å². The Kier molecular flexibility index (Phi) is 5.43. The summed E-state index contributed by atoms with van der Waals surface area (Å²) in [6.07, 6.45) is 4.03. The Hall–Kier alpha value is -3.19. The first-order valence-corrected chi connectivity index (χ1v) is 11.8. The number of carbonyl (C=O) groups excluding carboxylic acids is 2. The minimum Gasteiger partial charge on any atom is -0.463 e. The number of ketones is 1. The number of aromatic nitrogens is 2. The summed E-state index contributed by atoms with van der Waals surface area (Å²) >= 11 is 1.59. The van der Waals surface area contributed by atoms with Crippen LogP contribution in [0.1, 0.15) is 49.5 Å². The van der Waals surface area contributed by atoms with Crippen molar-refractivity contribution in [3.63, 3.8) is 0 Å². The summed E-state index contributed by atoms with van der Waals surface area (Å²) < 4.78 is 7.50. The molecule has 0 bridgehead atoms. The lowest BCUT2D eigenvalue weighted by Crippen LogP contribution is -2.34. The van der Waals surface area contributed by atoms with E-state index in [1.807, 2.05) is 31.5 Å². The van der Waals surface area contributed by atoms with Crippen molar-refractivity contribution in [2.75, 3.05) is 6.61 Å². The molecule has 3 aromatic rings. The third kappa shape index (κ3) is 3.56. The van der Waals surface area contributed by atoms with Gasteiger partial charge in [-0.1, -0.05) is 12.1 Å². The maximum absolute atomic E-state index is 13.0. The Labute approximate surface area is 190 Å². The van der Waals surface area contributed by atoms with Crippen molar-refractivity contribution in [2.24, 2.45) is 0 Å². The average Bonchev–Trinajstić information content (AvgIpc) is 3.41. The van der Waals surface area contributed by atoms with Gasteiger partial charge in [-0.05, 0) is 55.8 Å². The number of fused-ring (bicyclic) bond motifs is 1. The third-order valence-corrected chi connectivity index (χ3v) is 7.16. The van der Waals surface area contributed by atoms with Gasteiger partial charge in [-0.3, -0.25) is 4.79 Å². The fraction of sp³-hybridized carbons (Fsp3) is 0.320. The predicted molar refractivity (Wildman–Crippen MR) is 124 cm³/mol. The van der Waals surface area contributed by atoms with E-state index >= 15 is 0 Å². The first-order chi connectivity index (χ1) is 15.6. The van der Waals surface area contributed by atoms with Gasteiger partial charge in [0.05, 0.1) is 35.5 Å². The van der Waals surface area contributed by atoms with Crippen molar-refractivity contribution >= 4 is 34.1 Å². The molecule has 6 nitrogen and oxygen atoms in total. The normalized spacial score (nSPS) is 18.7. The Bertz CT molecular complexity index is 1280. The summed E-state index contributed by atoms with van der Waals surface area (Å²) in [6, 6.07) is 10.2. The smallest absolute Gasteiger partial charge is 0.336 e. The zero-order chi connectivity index (χ0) is 22.2. The van der Waals surface area contributed by atoms with Crippen LogP contribution in [0.15, 0.2) is 64.6 Å². The molecule has 1 unspecified atom stereocenters. The van der Waals surface area contributed by atoms with Gasteiger partial charge in [-0.25, -0.2) is 9.78 Å². The number of imidazole rings is 1. The summed E-state index contributed by atoms with van der Waals surface area (Å²) in [4.78, 5) is 31.4. The fourth-order valence-electron chi connectivity index (χ4n) is 4.71. The standard InChI is InChI=1S/C25H25N3O3S/c1-3-31-25(30)22-15(2)27-18-8-6-10-20(29)23(18)24(22)21-11-16(13-32-21)12-28-14-26-17-7-4-5-9-19(17)28/h4-5,7,9,11,13-14,24,27H,3,6,8,10,12H2,1-2H3. The van der Waals surface area contributed by atoms with E-state index in [4.69, 9.17) is 4.74 Å². The van der Waals surface area contributed by atoms with Crippen LogP contribution in [0.2, 0.25) is 0 Å². The third-order valence-electron chi connectivity index (χ3n) is 6.11. The summed E-state index contributed by atoms with van der Waals surface area (Å²) in [6.45, 7) is 4.67. The molecule has 0 amide bonds. The number of hydrogen-bond acceptors (Lipinski definition) is 6. The number of allylic oxidation sites excluding steroid dienone is 3. The molecular weight excluding hydrogens is 422 g/mol. The van der Waals surface area contributed by atoms with Gasteiger partial charge < -0.3 is 14.6 Å². The quantitative estimate of drug-likeness (QED) is 0.575. The molecule has 32 heavy (non-hydrogen) atoms. The molecule has 1 aliphatic heterocycles. The second-order valence-electron chi connectivity index (χ2n) is 8.20. The van der Waals surface area contributed by atoms with Crippen molar-refractivity contribution in [1.82, 2.24) is 14.9 Å². The highest BCUT2D eigenvalue weighted by molar-refractivity contribution is 7.10. The van der Waals surface area contributed by atoms with Crippen LogP contribution in [0.5, 0.6) is 0 Å². The Morgan fingerprint density at radius 3 is 3.00 bits per heavy atom. The van der Waals surface area contributed by atoms with Crippen molar-refractivity contribution in [3.8, 4) is 0 Å². The molecular formula is C25H25N3O3S. The molecule has 0 saturated carbocycles. The van der Waals surface area contributed by atoms with E-state index in [9.17, 15) is 9.59 Å². The first-order valence-electron chi connectivity index (χ1n) is 10.9. The number of thiophene rings is 1. The van der Waals surface area contributed by atoms with Crippen LogP contribution >= 0.6 is 11.3 Å². The topological polar surface area (TPSA) is 73.2 Å². The van der Waals surface area contributed by atoms with Crippen LogP contribution in [-0.4, -0.2) is 27.9 Å². The molecule has 1 aliphatic carbocycles. The molecule has 1 atom stereocenters. The molecule has 2 aliphatic rings. The molecule has 1 N–H and O–H groups in total. The van der Waals surface area contributed by atoms with E-state index in [2.05, 4.69) is 32.4 Å². The van der Waals surface area contributed by atoms with E-state index in [-0.39, 0.29) is 17.7 Å². The number of benzene rings is 1. The Balaban J connectivity index is 1.54. The highest BCUT2D eigenvalue weighted by atomic mass is 32.1. The van der Waals surface area contributed by atoms with E-state index in [1.165, 1.54) is 0 Å². The molecule has 2 aromatic heterocycles. The molecule has 164 valence electrons. The highest BCUT2D eigenvalue weighted by Crippen LogP contribution is 2.44. The number of esters is 1. The van der Waals surface area contributed by atoms with Crippen molar-refractivity contribution < 1.29 is 14.3 Å². The molecule has 5 rings (SSSR count). The van der Waals surface area contributed by atoms with E-state index in [1.54, 1.807) is 18.3 Å². The molecule has 0 spiro atoms. The summed E-state index contributed by atoms with van der Waals surface area (Å²) in [5, 5.41) is 5.44. The van der Waals surface area contributed by atoms with Crippen LogP contribution in [0.3, 0.4) is 0 Å². The monoisotopic (exact) mass is 447 g/mol. The minimum absolute atomic E-state index is 0.119. The zero-order valence-electron chi connectivity index (χ0n) is 18.2. The van der Waals surface area contributed by atoms with Crippen molar-refractivity contribution in [1.29, 1.82) is 0 Å². The highest BCUT2D eigenvalue weighted by Gasteiger charge is 2.39. The van der Waals surface area contributed by atoms with Gasteiger partial charge in [0, 0.05) is 34.8 Å². The van der Waals surface area contributed by atoms with Gasteiger partial charge in [-0.15, -0.1) is 11.3 Å². The molecule has 3 heterocycles.